The summed E-state index contributed by atoms with van der Waals surface area (Å²) in [5, 5.41) is 5.98. The van der Waals surface area contributed by atoms with Crippen molar-refractivity contribution in [1.82, 2.24) is 20.0 Å². The van der Waals surface area contributed by atoms with Gasteiger partial charge in [-0.15, -0.1) is 0 Å². The lowest BCUT2D eigenvalue weighted by Crippen LogP contribution is -2.43. The van der Waals surface area contributed by atoms with Gasteiger partial charge in [-0.25, -0.2) is 5.10 Å². The summed E-state index contributed by atoms with van der Waals surface area (Å²) in [6.45, 7) is 1.06. The summed E-state index contributed by atoms with van der Waals surface area (Å²) in [6.07, 6.45) is 1.32. The van der Waals surface area contributed by atoms with Gasteiger partial charge in [0.1, 0.15) is 5.69 Å². The highest BCUT2D eigenvalue weighted by atomic mass is 16.2. The maximum Gasteiger partial charge on any atom is 0.274 e. The molecule has 2 amide bonds. The molecule has 1 saturated heterocycles. The molecule has 1 fully saturated rings. The highest BCUT2D eigenvalue weighted by Gasteiger charge is 2.29. The standard InChI is InChI=1S/C13H18N4O3/c1-16(2)12(19)9-5-7-17(8-6-9)13(20)10-3-4-11(18)15-14-10/h3-4,9H,5-8H2,1-2H3,(H,15,18). The third kappa shape index (κ3) is 3.04. The number of piperidine rings is 1. The van der Waals surface area contributed by atoms with Gasteiger partial charge in [-0.3, -0.25) is 14.4 Å². The van der Waals surface area contributed by atoms with Crippen molar-refractivity contribution in [3.05, 3.63) is 28.2 Å². The van der Waals surface area contributed by atoms with E-state index in [9.17, 15) is 14.4 Å². The van der Waals surface area contributed by atoms with E-state index in [1.807, 2.05) is 0 Å². The number of aromatic amines is 1. The summed E-state index contributed by atoms with van der Waals surface area (Å²) in [6, 6.07) is 2.70. The summed E-state index contributed by atoms with van der Waals surface area (Å²) in [7, 11) is 3.48. The zero-order valence-corrected chi connectivity index (χ0v) is 11.6. The molecule has 0 aromatic carbocycles. The molecule has 1 aromatic rings. The Kier molecular flexibility index (Phi) is 4.16. The number of nitrogens with zero attached hydrogens (tertiary/aromatic N) is 3. The molecule has 0 atom stereocenters. The number of hydrogen-bond acceptors (Lipinski definition) is 4. The molecule has 1 aliphatic rings. The summed E-state index contributed by atoms with van der Waals surface area (Å²) in [5.41, 5.74) is -0.112. The van der Waals surface area contributed by atoms with Gasteiger partial charge in [-0.1, -0.05) is 0 Å². The summed E-state index contributed by atoms with van der Waals surface area (Å²) in [5.74, 6) is -0.117. The second-order valence-corrected chi connectivity index (χ2v) is 5.11. The summed E-state index contributed by atoms with van der Waals surface area (Å²) >= 11 is 0. The van der Waals surface area contributed by atoms with Gasteiger partial charge in [0.15, 0.2) is 0 Å². The fraction of sp³-hybridized carbons (Fsp3) is 0.538. The molecule has 108 valence electrons. The molecule has 0 spiro atoms. The van der Waals surface area contributed by atoms with Crippen LogP contribution in [0, 0.1) is 5.92 Å². The minimum atomic E-state index is -0.336. The number of carbonyl (C=O) groups is 2. The first-order valence-electron chi connectivity index (χ1n) is 6.55. The second-order valence-electron chi connectivity index (χ2n) is 5.11. The molecule has 1 aliphatic heterocycles. The van der Waals surface area contributed by atoms with Crippen molar-refractivity contribution in [3.8, 4) is 0 Å². The lowest BCUT2D eigenvalue weighted by atomic mass is 9.95. The first-order valence-corrected chi connectivity index (χ1v) is 6.55. The van der Waals surface area contributed by atoms with Crippen LogP contribution in [0.25, 0.3) is 0 Å². The van der Waals surface area contributed by atoms with Crippen LogP contribution in [0.15, 0.2) is 16.9 Å². The fourth-order valence-corrected chi connectivity index (χ4v) is 2.32. The smallest absolute Gasteiger partial charge is 0.274 e. The Morgan fingerprint density at radius 3 is 2.45 bits per heavy atom. The highest BCUT2D eigenvalue weighted by molar-refractivity contribution is 5.92. The monoisotopic (exact) mass is 278 g/mol. The Labute approximate surface area is 116 Å². The van der Waals surface area contributed by atoms with Crippen LogP contribution >= 0.6 is 0 Å². The van der Waals surface area contributed by atoms with Crippen molar-refractivity contribution in [2.45, 2.75) is 12.8 Å². The summed E-state index contributed by atoms with van der Waals surface area (Å²) in [4.78, 5) is 38.2. The van der Waals surface area contributed by atoms with Gasteiger partial charge < -0.3 is 9.80 Å². The van der Waals surface area contributed by atoms with Crippen molar-refractivity contribution in [3.63, 3.8) is 0 Å². The van der Waals surface area contributed by atoms with Crippen molar-refractivity contribution in [2.75, 3.05) is 27.2 Å². The molecule has 0 radical (unpaired) electrons. The average molecular weight is 278 g/mol. The number of H-pyrrole nitrogens is 1. The van der Waals surface area contributed by atoms with Crippen molar-refractivity contribution >= 4 is 11.8 Å². The van der Waals surface area contributed by atoms with Crippen LogP contribution in [0.2, 0.25) is 0 Å². The van der Waals surface area contributed by atoms with E-state index >= 15 is 0 Å². The highest BCUT2D eigenvalue weighted by Crippen LogP contribution is 2.19. The third-order valence-electron chi connectivity index (χ3n) is 3.47. The Morgan fingerprint density at radius 1 is 1.30 bits per heavy atom. The van der Waals surface area contributed by atoms with E-state index in [0.29, 0.717) is 25.9 Å². The van der Waals surface area contributed by atoms with E-state index in [4.69, 9.17) is 0 Å². The Morgan fingerprint density at radius 2 is 1.95 bits per heavy atom. The second kappa shape index (κ2) is 5.85. The van der Waals surface area contributed by atoms with Crippen LogP contribution in [0.4, 0.5) is 0 Å². The molecule has 7 nitrogen and oxygen atoms in total. The van der Waals surface area contributed by atoms with Gasteiger partial charge in [-0.2, -0.15) is 5.10 Å². The number of amides is 2. The van der Waals surface area contributed by atoms with E-state index in [1.54, 1.807) is 23.9 Å². The van der Waals surface area contributed by atoms with E-state index in [1.165, 1.54) is 12.1 Å². The Balaban J connectivity index is 1.97. The lowest BCUT2D eigenvalue weighted by Gasteiger charge is -2.32. The molecule has 7 heteroatoms. The Bertz CT molecular complexity index is 538. The van der Waals surface area contributed by atoms with Crippen molar-refractivity contribution in [2.24, 2.45) is 5.92 Å². The average Bonchev–Trinajstić information content (AvgIpc) is 2.46. The molecular weight excluding hydrogens is 260 g/mol. The predicted molar refractivity (Wildman–Crippen MR) is 72.2 cm³/mol. The largest absolute Gasteiger partial charge is 0.349 e. The predicted octanol–water partition coefficient (Wildman–Crippen LogP) is -0.290. The van der Waals surface area contributed by atoms with E-state index in [-0.39, 0.29) is 29.0 Å². The number of rotatable bonds is 2. The van der Waals surface area contributed by atoms with Gasteiger partial charge in [-0.05, 0) is 18.9 Å². The molecular formula is C13H18N4O3. The minimum Gasteiger partial charge on any atom is -0.349 e. The normalized spacial score (nSPS) is 16.0. The Hall–Kier alpha value is -2.18. The maximum atomic E-state index is 12.2. The first kappa shape index (κ1) is 14.2. The van der Waals surface area contributed by atoms with E-state index < -0.39 is 0 Å². The van der Waals surface area contributed by atoms with Gasteiger partial charge in [0.2, 0.25) is 5.91 Å². The van der Waals surface area contributed by atoms with Gasteiger partial charge >= 0.3 is 0 Å². The molecule has 1 aromatic heterocycles. The van der Waals surface area contributed by atoms with Crippen LogP contribution in [0.3, 0.4) is 0 Å². The third-order valence-corrected chi connectivity index (χ3v) is 3.47. The van der Waals surface area contributed by atoms with Gasteiger partial charge in [0, 0.05) is 39.2 Å². The van der Waals surface area contributed by atoms with Crippen LogP contribution in [-0.4, -0.2) is 59.0 Å². The SMILES string of the molecule is CN(C)C(=O)C1CCN(C(=O)c2ccc(=O)[nH]n2)CC1. The molecule has 2 heterocycles. The van der Waals surface area contributed by atoms with Gasteiger partial charge in [0.25, 0.3) is 11.5 Å². The number of hydrogen-bond donors (Lipinski definition) is 1. The summed E-state index contributed by atoms with van der Waals surface area (Å²) < 4.78 is 0. The zero-order chi connectivity index (χ0) is 14.7. The quantitative estimate of drug-likeness (QED) is 0.805. The van der Waals surface area contributed by atoms with Crippen molar-refractivity contribution < 1.29 is 9.59 Å². The molecule has 0 saturated carbocycles. The molecule has 0 bridgehead atoms. The van der Waals surface area contributed by atoms with Gasteiger partial charge in [0.05, 0.1) is 0 Å². The lowest BCUT2D eigenvalue weighted by molar-refractivity contribution is -0.134. The molecule has 2 rings (SSSR count). The van der Waals surface area contributed by atoms with Crippen LogP contribution in [0.5, 0.6) is 0 Å². The minimum absolute atomic E-state index is 0.0161. The van der Waals surface area contributed by atoms with Crippen LogP contribution in [-0.2, 0) is 4.79 Å². The molecule has 0 aliphatic carbocycles. The number of nitrogens with one attached hydrogen (secondary N) is 1. The topological polar surface area (TPSA) is 86.4 Å². The first-order chi connectivity index (χ1) is 9.49. The van der Waals surface area contributed by atoms with Crippen LogP contribution in [0.1, 0.15) is 23.3 Å². The number of likely N-dealkylation sites (tertiary alicyclic amines) is 1. The molecule has 20 heavy (non-hydrogen) atoms. The molecule has 1 N–H and O–H groups in total. The fourth-order valence-electron chi connectivity index (χ4n) is 2.32. The zero-order valence-electron chi connectivity index (χ0n) is 11.6. The van der Waals surface area contributed by atoms with E-state index in [2.05, 4.69) is 10.2 Å². The van der Waals surface area contributed by atoms with Crippen molar-refractivity contribution in [1.29, 1.82) is 0 Å². The van der Waals surface area contributed by atoms with E-state index in [0.717, 1.165) is 0 Å². The van der Waals surface area contributed by atoms with Crippen LogP contribution < -0.4 is 5.56 Å². The number of aromatic nitrogens is 2. The maximum absolute atomic E-state index is 12.2. The molecule has 0 unspecified atom stereocenters. The number of carbonyl (C=O) groups excluding carboxylic acids is 2.